The van der Waals surface area contributed by atoms with Gasteiger partial charge in [0.2, 0.25) is 5.78 Å². The first-order valence-electron chi connectivity index (χ1n) is 11.7. The maximum Gasteiger partial charge on any atom is 0.209 e. The Morgan fingerprint density at radius 1 is 0.882 bits per heavy atom. The second-order valence-electron chi connectivity index (χ2n) is 10.1. The van der Waals surface area contributed by atoms with E-state index in [9.17, 15) is 4.79 Å². The molecule has 2 N–H and O–H groups in total. The van der Waals surface area contributed by atoms with Crippen LogP contribution in [0.4, 0.5) is 0 Å². The van der Waals surface area contributed by atoms with Crippen molar-refractivity contribution in [2.24, 2.45) is 0 Å². The zero-order chi connectivity index (χ0) is 24.5. The van der Waals surface area contributed by atoms with Crippen molar-refractivity contribution in [1.82, 2.24) is 9.97 Å². The van der Waals surface area contributed by atoms with Crippen molar-refractivity contribution in [2.75, 3.05) is 0 Å². The largest absolute Gasteiger partial charge is 0.364 e. The molecule has 0 fully saturated rings. The minimum Gasteiger partial charge on any atom is -0.364 e. The number of aromatic amines is 2. The number of ketones is 1. The standard InChI is InChI=1S/C30H32N2OSi/c1-20-18-21(2)28(22(3)19-20)29(25-8-7-16-31-25)26-13-14-27(32-26)30(33)24-11-9-23(10-12-24)15-17-34(4,5)6/h7-14,16,18-19,29,31-32H,1-6H3. The van der Waals surface area contributed by atoms with E-state index in [1.54, 1.807) is 0 Å². The quantitative estimate of drug-likeness (QED) is 0.188. The minimum atomic E-state index is -1.43. The molecule has 0 spiro atoms. The first-order chi connectivity index (χ1) is 16.1. The number of hydrogen-bond acceptors (Lipinski definition) is 1. The normalized spacial score (nSPS) is 12.2. The van der Waals surface area contributed by atoms with Gasteiger partial charge in [-0.2, -0.15) is 0 Å². The highest BCUT2D eigenvalue weighted by Crippen LogP contribution is 2.35. The van der Waals surface area contributed by atoms with Gasteiger partial charge in [-0.25, -0.2) is 0 Å². The molecular formula is C30H32N2OSi. The van der Waals surface area contributed by atoms with E-state index in [2.05, 4.69) is 80.0 Å². The van der Waals surface area contributed by atoms with Crippen molar-refractivity contribution >= 4 is 13.9 Å². The number of benzene rings is 2. The molecule has 0 bridgehead atoms. The van der Waals surface area contributed by atoms with Crippen LogP contribution in [0.1, 0.15) is 61.2 Å². The molecule has 3 nitrogen and oxygen atoms in total. The fraction of sp³-hybridized carbons (Fsp3) is 0.233. The van der Waals surface area contributed by atoms with E-state index in [-0.39, 0.29) is 11.7 Å². The molecule has 1 atom stereocenters. The SMILES string of the molecule is Cc1cc(C)c(C(c2ccc[nH]2)c2ccc(C(=O)c3ccc(C#C[Si](C)(C)C)cc3)[nH]2)c(C)c1. The third kappa shape index (κ3) is 5.16. The van der Waals surface area contributed by atoms with Gasteiger partial charge in [0.05, 0.1) is 11.6 Å². The van der Waals surface area contributed by atoms with Crippen LogP contribution in [0.5, 0.6) is 0 Å². The van der Waals surface area contributed by atoms with E-state index >= 15 is 0 Å². The van der Waals surface area contributed by atoms with E-state index in [0.29, 0.717) is 11.3 Å². The van der Waals surface area contributed by atoms with Crippen LogP contribution in [0.25, 0.3) is 0 Å². The zero-order valence-electron chi connectivity index (χ0n) is 20.8. The highest BCUT2D eigenvalue weighted by atomic mass is 28.3. The average Bonchev–Trinajstić information content (AvgIpc) is 3.47. The maximum absolute atomic E-state index is 13.2. The molecule has 2 aromatic carbocycles. The maximum atomic E-state index is 13.2. The lowest BCUT2D eigenvalue weighted by molar-refractivity contribution is 0.103. The number of H-pyrrole nitrogens is 2. The summed E-state index contributed by atoms with van der Waals surface area (Å²) in [6, 6.07) is 20.1. The van der Waals surface area contributed by atoms with Crippen molar-refractivity contribution in [3.63, 3.8) is 0 Å². The van der Waals surface area contributed by atoms with E-state index in [0.717, 1.165) is 17.0 Å². The molecular weight excluding hydrogens is 432 g/mol. The Labute approximate surface area is 203 Å². The lowest BCUT2D eigenvalue weighted by Gasteiger charge is -2.21. The molecule has 0 aliphatic rings. The number of carbonyl (C=O) groups is 1. The van der Waals surface area contributed by atoms with Gasteiger partial charge in [-0.1, -0.05) is 43.3 Å². The Hall–Kier alpha value is -3.55. The van der Waals surface area contributed by atoms with Crippen LogP contribution in [0.2, 0.25) is 19.6 Å². The average molecular weight is 465 g/mol. The van der Waals surface area contributed by atoms with Crippen molar-refractivity contribution in [3.8, 4) is 11.5 Å². The third-order valence-electron chi connectivity index (χ3n) is 5.95. The van der Waals surface area contributed by atoms with E-state index in [1.165, 1.54) is 22.3 Å². The predicted octanol–water partition coefficient (Wildman–Crippen LogP) is 6.91. The molecule has 0 radical (unpaired) electrons. The summed E-state index contributed by atoms with van der Waals surface area (Å²) in [6.07, 6.45) is 1.95. The molecule has 0 amide bonds. The van der Waals surface area contributed by atoms with Crippen LogP contribution in [-0.2, 0) is 0 Å². The molecule has 34 heavy (non-hydrogen) atoms. The second kappa shape index (κ2) is 9.36. The van der Waals surface area contributed by atoms with Crippen LogP contribution in [0.3, 0.4) is 0 Å². The number of rotatable bonds is 5. The van der Waals surface area contributed by atoms with E-state index < -0.39 is 8.07 Å². The molecule has 172 valence electrons. The third-order valence-corrected chi connectivity index (χ3v) is 6.83. The van der Waals surface area contributed by atoms with Crippen molar-refractivity contribution in [3.05, 3.63) is 117 Å². The number of hydrogen-bond donors (Lipinski definition) is 2. The van der Waals surface area contributed by atoms with Crippen molar-refractivity contribution < 1.29 is 4.79 Å². The fourth-order valence-electron chi connectivity index (χ4n) is 4.48. The molecule has 0 aliphatic heterocycles. The minimum absolute atomic E-state index is 0.00337. The van der Waals surface area contributed by atoms with E-state index in [4.69, 9.17) is 0 Å². The molecule has 4 heteroatoms. The monoisotopic (exact) mass is 464 g/mol. The summed E-state index contributed by atoms with van der Waals surface area (Å²) in [7, 11) is -1.43. The van der Waals surface area contributed by atoms with Crippen molar-refractivity contribution in [2.45, 2.75) is 46.3 Å². The zero-order valence-corrected chi connectivity index (χ0v) is 21.8. The molecule has 0 saturated carbocycles. The summed E-state index contributed by atoms with van der Waals surface area (Å²) in [5.41, 5.74) is 12.7. The van der Waals surface area contributed by atoms with Crippen LogP contribution in [0.15, 0.2) is 66.9 Å². The highest BCUT2D eigenvalue weighted by molar-refractivity contribution is 6.83. The summed E-state index contributed by atoms with van der Waals surface area (Å²) < 4.78 is 0. The van der Waals surface area contributed by atoms with Gasteiger partial charge in [0.1, 0.15) is 8.07 Å². The molecule has 4 aromatic rings. The number of carbonyl (C=O) groups excluding carboxylic acids is 1. The van der Waals surface area contributed by atoms with Gasteiger partial charge < -0.3 is 9.97 Å². The summed E-state index contributed by atoms with van der Waals surface area (Å²) in [4.78, 5) is 20.1. The molecule has 0 aliphatic carbocycles. The molecule has 2 heterocycles. The first-order valence-corrected chi connectivity index (χ1v) is 15.2. The number of nitrogens with one attached hydrogen (secondary N) is 2. The van der Waals surface area contributed by atoms with E-state index in [1.807, 2.05) is 48.7 Å². The Bertz CT molecular complexity index is 1350. The predicted molar refractivity (Wildman–Crippen MR) is 143 cm³/mol. The lowest BCUT2D eigenvalue weighted by atomic mass is 9.85. The molecule has 2 aromatic heterocycles. The van der Waals surface area contributed by atoms with Crippen LogP contribution in [-0.4, -0.2) is 23.8 Å². The Kier molecular flexibility index (Phi) is 6.50. The summed E-state index contributed by atoms with van der Waals surface area (Å²) in [5, 5.41) is 0. The Balaban J connectivity index is 1.67. The molecule has 1 unspecified atom stereocenters. The summed E-state index contributed by atoms with van der Waals surface area (Å²) in [6.45, 7) is 13.1. The van der Waals surface area contributed by atoms with Gasteiger partial charge in [-0.3, -0.25) is 4.79 Å². The van der Waals surface area contributed by atoms with Gasteiger partial charge in [0, 0.05) is 28.7 Å². The second-order valence-corrected chi connectivity index (χ2v) is 14.9. The molecule has 4 rings (SSSR count). The van der Waals surface area contributed by atoms with Crippen molar-refractivity contribution in [1.29, 1.82) is 0 Å². The fourth-order valence-corrected chi connectivity index (χ4v) is 5.00. The van der Waals surface area contributed by atoms with Crippen LogP contribution >= 0.6 is 0 Å². The van der Waals surface area contributed by atoms with Crippen LogP contribution < -0.4 is 0 Å². The summed E-state index contributed by atoms with van der Waals surface area (Å²) >= 11 is 0. The highest BCUT2D eigenvalue weighted by Gasteiger charge is 2.24. The van der Waals surface area contributed by atoms with Gasteiger partial charge >= 0.3 is 0 Å². The van der Waals surface area contributed by atoms with Gasteiger partial charge in [-0.05, 0) is 86.0 Å². The number of aryl methyl sites for hydroxylation is 3. The lowest BCUT2D eigenvalue weighted by Crippen LogP contribution is -2.16. The van der Waals surface area contributed by atoms with Gasteiger partial charge in [0.15, 0.2) is 0 Å². The molecule has 0 saturated heterocycles. The van der Waals surface area contributed by atoms with Crippen LogP contribution in [0, 0.1) is 32.2 Å². The number of aromatic nitrogens is 2. The summed E-state index contributed by atoms with van der Waals surface area (Å²) in [5.74, 6) is 3.23. The first kappa shape index (κ1) is 23.6. The van der Waals surface area contributed by atoms with Gasteiger partial charge in [0.25, 0.3) is 0 Å². The Morgan fingerprint density at radius 3 is 2.15 bits per heavy atom. The topological polar surface area (TPSA) is 48.6 Å². The van der Waals surface area contributed by atoms with Gasteiger partial charge in [-0.15, -0.1) is 5.54 Å². The smallest absolute Gasteiger partial charge is 0.209 e. The Morgan fingerprint density at radius 2 is 1.56 bits per heavy atom.